The third-order valence-corrected chi connectivity index (χ3v) is 3.83. The molecule has 1 amide bonds. The number of amides is 1. The lowest BCUT2D eigenvalue weighted by Gasteiger charge is -2.12. The Morgan fingerprint density at radius 3 is 2.84 bits per heavy atom. The minimum Gasteiger partial charge on any atom is -0.464 e. The molecule has 8 heteroatoms. The monoisotopic (exact) mass is 342 g/mol. The number of aromatic nitrogens is 3. The number of fused-ring (bicyclic) bond motifs is 3. The smallest absolute Gasteiger partial charge is 0.328 e. The summed E-state index contributed by atoms with van der Waals surface area (Å²) < 4.78 is 5.89. The molecule has 25 heavy (non-hydrogen) atoms. The molecule has 2 heterocycles. The number of rotatable bonds is 5. The maximum absolute atomic E-state index is 12.6. The van der Waals surface area contributed by atoms with E-state index in [1.54, 1.807) is 13.1 Å². The van der Waals surface area contributed by atoms with Crippen LogP contribution in [0.15, 0.2) is 35.3 Å². The molecule has 3 rings (SSSR count). The SMILES string of the molecule is CCOC(=O)C(C)NC(=O)Cn1ncc2c([nH]c3ccccc32)c1=O. The van der Waals surface area contributed by atoms with Crippen molar-refractivity contribution < 1.29 is 14.3 Å². The summed E-state index contributed by atoms with van der Waals surface area (Å²) in [6.45, 7) is 3.16. The third kappa shape index (κ3) is 3.23. The highest BCUT2D eigenvalue weighted by atomic mass is 16.5. The van der Waals surface area contributed by atoms with Gasteiger partial charge in [0.15, 0.2) is 0 Å². The van der Waals surface area contributed by atoms with Crippen molar-refractivity contribution >= 4 is 33.7 Å². The van der Waals surface area contributed by atoms with Crippen molar-refractivity contribution in [3.63, 3.8) is 0 Å². The Balaban J connectivity index is 1.83. The lowest BCUT2D eigenvalue weighted by Crippen LogP contribution is -2.42. The number of carbonyl (C=O) groups is 2. The molecule has 2 aromatic heterocycles. The minimum atomic E-state index is -0.792. The van der Waals surface area contributed by atoms with Gasteiger partial charge in [0.2, 0.25) is 5.91 Å². The highest BCUT2D eigenvalue weighted by Gasteiger charge is 2.18. The zero-order chi connectivity index (χ0) is 18.0. The number of benzene rings is 1. The number of hydrogen-bond donors (Lipinski definition) is 2. The standard InChI is InChI=1S/C17H18N4O4/c1-3-25-17(24)10(2)19-14(22)9-21-16(23)15-12(8-18-21)11-6-4-5-7-13(11)20-15/h4-8,10,20H,3,9H2,1-2H3,(H,19,22). The van der Waals surface area contributed by atoms with Crippen LogP contribution < -0.4 is 10.9 Å². The van der Waals surface area contributed by atoms with Gasteiger partial charge in [-0.2, -0.15) is 5.10 Å². The van der Waals surface area contributed by atoms with Crippen molar-refractivity contribution in [2.75, 3.05) is 6.61 Å². The van der Waals surface area contributed by atoms with Crippen molar-refractivity contribution in [1.82, 2.24) is 20.1 Å². The van der Waals surface area contributed by atoms with E-state index in [2.05, 4.69) is 15.4 Å². The summed E-state index contributed by atoms with van der Waals surface area (Å²) in [5.74, 6) is -1.02. The van der Waals surface area contributed by atoms with Gasteiger partial charge < -0.3 is 15.0 Å². The Kier molecular flexibility index (Phi) is 4.51. The van der Waals surface area contributed by atoms with Gasteiger partial charge in [0.1, 0.15) is 18.1 Å². The van der Waals surface area contributed by atoms with Crippen molar-refractivity contribution in [2.45, 2.75) is 26.4 Å². The Labute approximate surface area is 142 Å². The lowest BCUT2D eigenvalue weighted by atomic mass is 10.2. The molecule has 0 aliphatic rings. The first kappa shape index (κ1) is 16.7. The average molecular weight is 342 g/mol. The third-order valence-electron chi connectivity index (χ3n) is 3.83. The molecule has 0 aliphatic heterocycles. The van der Waals surface area contributed by atoms with Gasteiger partial charge in [-0.3, -0.25) is 9.59 Å². The fraction of sp³-hybridized carbons (Fsp3) is 0.294. The van der Waals surface area contributed by atoms with Crippen molar-refractivity contribution in [3.8, 4) is 0 Å². The first-order chi connectivity index (χ1) is 12.0. The molecule has 3 aromatic rings. The van der Waals surface area contributed by atoms with Crippen LogP contribution >= 0.6 is 0 Å². The van der Waals surface area contributed by atoms with Crippen LogP contribution in [-0.2, 0) is 20.9 Å². The summed E-state index contributed by atoms with van der Waals surface area (Å²) in [7, 11) is 0. The largest absolute Gasteiger partial charge is 0.464 e. The Morgan fingerprint density at radius 1 is 1.32 bits per heavy atom. The first-order valence-electron chi connectivity index (χ1n) is 7.93. The molecular weight excluding hydrogens is 324 g/mol. The van der Waals surface area contributed by atoms with E-state index in [9.17, 15) is 14.4 Å². The molecule has 0 radical (unpaired) electrons. The molecule has 0 aliphatic carbocycles. The van der Waals surface area contributed by atoms with Crippen LogP contribution in [-0.4, -0.2) is 39.3 Å². The number of nitrogens with one attached hydrogen (secondary N) is 2. The molecule has 1 unspecified atom stereocenters. The van der Waals surface area contributed by atoms with Crippen LogP contribution in [0.2, 0.25) is 0 Å². The van der Waals surface area contributed by atoms with Crippen LogP contribution in [0.1, 0.15) is 13.8 Å². The van der Waals surface area contributed by atoms with E-state index < -0.39 is 23.5 Å². The van der Waals surface area contributed by atoms with E-state index in [-0.39, 0.29) is 13.2 Å². The van der Waals surface area contributed by atoms with Gasteiger partial charge in [-0.25, -0.2) is 9.48 Å². The van der Waals surface area contributed by atoms with Crippen molar-refractivity contribution in [1.29, 1.82) is 0 Å². The summed E-state index contributed by atoms with van der Waals surface area (Å²) in [6.07, 6.45) is 1.55. The van der Waals surface area contributed by atoms with Crippen LogP contribution in [0.5, 0.6) is 0 Å². The predicted molar refractivity (Wildman–Crippen MR) is 92.1 cm³/mol. The molecule has 1 atom stereocenters. The number of hydrogen-bond acceptors (Lipinski definition) is 5. The van der Waals surface area contributed by atoms with Crippen molar-refractivity contribution in [3.05, 3.63) is 40.8 Å². The maximum atomic E-state index is 12.6. The summed E-state index contributed by atoms with van der Waals surface area (Å²) in [5, 5.41) is 8.16. The molecule has 130 valence electrons. The Bertz CT molecular complexity index is 1000. The number of carbonyl (C=O) groups excluding carboxylic acids is 2. The van der Waals surface area contributed by atoms with Gasteiger partial charge in [0.25, 0.3) is 5.56 Å². The molecule has 0 saturated heterocycles. The summed E-state index contributed by atoms with van der Waals surface area (Å²) in [6, 6.07) is 6.72. The van der Waals surface area contributed by atoms with Gasteiger partial charge in [0, 0.05) is 16.3 Å². The van der Waals surface area contributed by atoms with Gasteiger partial charge in [-0.1, -0.05) is 18.2 Å². The van der Waals surface area contributed by atoms with Crippen molar-refractivity contribution in [2.24, 2.45) is 0 Å². The second-order valence-corrected chi connectivity index (χ2v) is 5.61. The van der Waals surface area contributed by atoms with Crippen LogP contribution in [0, 0.1) is 0 Å². The highest BCUT2D eigenvalue weighted by molar-refractivity contribution is 6.06. The quantitative estimate of drug-likeness (QED) is 0.671. The number of para-hydroxylation sites is 1. The number of H-pyrrole nitrogens is 1. The van der Waals surface area contributed by atoms with Crippen LogP contribution in [0.25, 0.3) is 21.8 Å². The topological polar surface area (TPSA) is 106 Å². The van der Waals surface area contributed by atoms with Crippen LogP contribution in [0.3, 0.4) is 0 Å². The Hall–Kier alpha value is -3.16. The minimum absolute atomic E-state index is 0.233. The summed E-state index contributed by atoms with van der Waals surface area (Å²) in [5.41, 5.74) is 0.824. The molecule has 8 nitrogen and oxygen atoms in total. The first-order valence-corrected chi connectivity index (χ1v) is 7.93. The van der Waals surface area contributed by atoms with E-state index in [0.29, 0.717) is 10.9 Å². The van der Waals surface area contributed by atoms with E-state index in [1.165, 1.54) is 6.92 Å². The van der Waals surface area contributed by atoms with Crippen LogP contribution in [0.4, 0.5) is 0 Å². The number of ether oxygens (including phenoxy) is 1. The summed E-state index contributed by atoms with van der Waals surface area (Å²) >= 11 is 0. The van der Waals surface area contributed by atoms with Gasteiger partial charge in [-0.15, -0.1) is 0 Å². The van der Waals surface area contributed by atoms with Gasteiger partial charge in [0.05, 0.1) is 12.8 Å². The molecule has 1 aromatic carbocycles. The second kappa shape index (κ2) is 6.76. The Morgan fingerprint density at radius 2 is 2.08 bits per heavy atom. The zero-order valence-corrected chi connectivity index (χ0v) is 13.9. The predicted octanol–water partition coefficient (Wildman–Crippen LogP) is 0.946. The number of esters is 1. The lowest BCUT2D eigenvalue weighted by molar-refractivity contribution is -0.146. The average Bonchev–Trinajstić information content (AvgIpc) is 2.97. The number of aromatic amines is 1. The molecule has 0 spiro atoms. The normalized spacial score (nSPS) is 12.2. The molecule has 0 bridgehead atoms. The molecular formula is C17H18N4O4. The zero-order valence-electron chi connectivity index (χ0n) is 13.9. The van der Waals surface area contributed by atoms with E-state index in [1.807, 2.05) is 24.3 Å². The highest BCUT2D eigenvalue weighted by Crippen LogP contribution is 2.21. The van der Waals surface area contributed by atoms with E-state index >= 15 is 0 Å². The van der Waals surface area contributed by atoms with Gasteiger partial charge >= 0.3 is 5.97 Å². The molecule has 0 saturated carbocycles. The summed E-state index contributed by atoms with van der Waals surface area (Å²) in [4.78, 5) is 39.2. The van der Waals surface area contributed by atoms with E-state index in [4.69, 9.17) is 4.74 Å². The number of nitrogens with zero attached hydrogens (tertiary/aromatic N) is 2. The maximum Gasteiger partial charge on any atom is 0.328 e. The fourth-order valence-electron chi connectivity index (χ4n) is 2.64. The molecule has 2 N–H and O–H groups in total. The fourth-order valence-corrected chi connectivity index (χ4v) is 2.64. The molecule has 0 fully saturated rings. The van der Waals surface area contributed by atoms with Gasteiger partial charge in [-0.05, 0) is 19.9 Å². The van der Waals surface area contributed by atoms with E-state index in [0.717, 1.165) is 15.6 Å². The second-order valence-electron chi connectivity index (χ2n) is 5.61.